The number of rotatable bonds is 43. The van der Waals surface area contributed by atoms with E-state index < -0.39 is 26.5 Å². The average Bonchev–Trinajstić information content (AvgIpc) is 3.25. The Kier molecular flexibility index (Phi) is 44.1. The molecule has 348 valence electrons. The highest BCUT2D eigenvalue weighted by molar-refractivity contribution is 7.47. The lowest BCUT2D eigenvalue weighted by Crippen LogP contribution is -2.26. The van der Waals surface area contributed by atoms with E-state index in [4.69, 9.17) is 13.8 Å². The zero-order valence-corrected chi connectivity index (χ0v) is 39.2. The van der Waals surface area contributed by atoms with E-state index in [1.165, 1.54) is 89.9 Å². The zero-order chi connectivity index (χ0) is 44.6. The van der Waals surface area contributed by atoms with Crippen molar-refractivity contribution in [2.45, 2.75) is 187 Å². The number of phosphoric acid groups is 1. The Labute approximate surface area is 372 Å². The molecule has 0 aliphatic heterocycles. The molecule has 10 heteroatoms. The van der Waals surface area contributed by atoms with E-state index in [9.17, 15) is 24.2 Å². The van der Waals surface area contributed by atoms with Gasteiger partial charge in [0.2, 0.25) is 5.91 Å². The van der Waals surface area contributed by atoms with Crippen LogP contribution in [0.3, 0.4) is 0 Å². The van der Waals surface area contributed by atoms with E-state index in [0.29, 0.717) is 0 Å². The van der Waals surface area contributed by atoms with Crippen LogP contribution in [0, 0.1) is 0 Å². The summed E-state index contributed by atoms with van der Waals surface area (Å²) in [5, 5.41) is 12.6. The number of hydrogen-bond acceptors (Lipinski definition) is 7. The molecular formula is C51H86NO8P. The van der Waals surface area contributed by atoms with Crippen LogP contribution < -0.4 is 5.32 Å². The summed E-state index contributed by atoms with van der Waals surface area (Å²) in [4.78, 5) is 33.9. The predicted octanol–water partition coefficient (Wildman–Crippen LogP) is 13.8. The van der Waals surface area contributed by atoms with Crippen LogP contribution in [0.1, 0.15) is 181 Å². The number of esters is 1. The molecule has 2 atom stereocenters. The number of aliphatic hydroxyl groups excluding tert-OH is 1. The largest absolute Gasteiger partial charge is 0.472 e. The Morgan fingerprint density at radius 3 is 1.44 bits per heavy atom. The average molecular weight is 872 g/mol. The summed E-state index contributed by atoms with van der Waals surface area (Å²) < 4.78 is 26.9. The van der Waals surface area contributed by atoms with E-state index in [1.54, 1.807) is 6.08 Å². The first-order chi connectivity index (χ1) is 29.8. The summed E-state index contributed by atoms with van der Waals surface area (Å²) in [5.74, 6) is -0.658. The van der Waals surface area contributed by atoms with Crippen molar-refractivity contribution in [3.8, 4) is 0 Å². The fourth-order valence-electron chi connectivity index (χ4n) is 5.98. The van der Waals surface area contributed by atoms with Crippen molar-refractivity contribution < 1.29 is 37.9 Å². The van der Waals surface area contributed by atoms with E-state index >= 15 is 0 Å². The van der Waals surface area contributed by atoms with Gasteiger partial charge in [0, 0.05) is 19.4 Å². The van der Waals surface area contributed by atoms with Gasteiger partial charge < -0.3 is 20.1 Å². The molecule has 2 unspecified atom stereocenters. The standard InChI is InChI=1S/C51H86NO8P/c1-3-5-7-9-11-13-15-17-19-21-23-24-26-27-29-31-33-35-37-39-41-43-50(54)52-45-46-59-61(56,57)60-48-49(53)47-58-51(55)44-42-40-38-36-34-32-30-28-25-22-20-18-16-14-12-10-8-6-4-2/h5,7,11,13,17-20,23-24,27,29,33,35,39,41,49,53H,3-4,6,8-10,12,14-16,21-22,25-26,28,30-32,34,36-38,40,42-48H2,1-2H3,(H,52,54)(H,56,57)/b7-5-,13-11-,19-17-,20-18+,24-23-,29-27-,35-33-,41-39-. The Morgan fingerprint density at radius 2 is 0.967 bits per heavy atom. The fraction of sp³-hybridized carbons (Fsp3) is 0.647. The molecule has 0 aromatic rings. The molecule has 0 aromatic carbocycles. The van der Waals surface area contributed by atoms with Crippen molar-refractivity contribution in [1.82, 2.24) is 5.32 Å². The SMILES string of the molecule is CC/C=C\C/C=C\C/C=C\C/C=C\C/C=C\C/C=C\C/C=C\CC(=O)NCCOP(=O)(O)OCC(O)COC(=O)CCCCCCCCCCC/C=C/CCCCCCCC. The Bertz CT molecular complexity index is 1320. The zero-order valence-electron chi connectivity index (χ0n) is 38.3. The molecule has 0 heterocycles. The fourth-order valence-corrected chi connectivity index (χ4v) is 6.74. The summed E-state index contributed by atoms with van der Waals surface area (Å²) in [6.45, 7) is 3.30. The summed E-state index contributed by atoms with van der Waals surface area (Å²) in [6, 6.07) is 0. The minimum Gasteiger partial charge on any atom is -0.463 e. The monoisotopic (exact) mass is 872 g/mol. The van der Waals surface area contributed by atoms with Crippen molar-refractivity contribution >= 4 is 19.7 Å². The van der Waals surface area contributed by atoms with Gasteiger partial charge in [-0.25, -0.2) is 4.57 Å². The van der Waals surface area contributed by atoms with Crippen LogP contribution in [0.5, 0.6) is 0 Å². The smallest absolute Gasteiger partial charge is 0.463 e. The van der Waals surface area contributed by atoms with Crippen molar-refractivity contribution in [2.75, 3.05) is 26.4 Å². The van der Waals surface area contributed by atoms with E-state index in [-0.39, 0.29) is 38.5 Å². The van der Waals surface area contributed by atoms with Crippen LogP contribution in [-0.2, 0) is 27.9 Å². The lowest BCUT2D eigenvalue weighted by molar-refractivity contribution is -0.147. The topological polar surface area (TPSA) is 131 Å². The van der Waals surface area contributed by atoms with Gasteiger partial charge in [0.1, 0.15) is 12.7 Å². The first-order valence-electron chi connectivity index (χ1n) is 23.7. The van der Waals surface area contributed by atoms with Gasteiger partial charge >= 0.3 is 13.8 Å². The maximum Gasteiger partial charge on any atom is 0.472 e. The normalized spacial score (nSPS) is 14.1. The minimum absolute atomic E-state index is 0.0192. The second-order valence-electron chi connectivity index (χ2n) is 15.4. The number of unbranched alkanes of at least 4 members (excludes halogenated alkanes) is 15. The number of aliphatic hydroxyl groups is 1. The Balaban J connectivity index is 3.72. The van der Waals surface area contributed by atoms with Gasteiger partial charge in [-0.2, -0.15) is 0 Å². The lowest BCUT2D eigenvalue weighted by atomic mass is 10.1. The van der Waals surface area contributed by atoms with Gasteiger partial charge in [-0.1, -0.05) is 188 Å². The third-order valence-corrected chi connectivity index (χ3v) is 10.5. The molecule has 0 aliphatic rings. The molecule has 0 saturated heterocycles. The number of ether oxygens (including phenoxy) is 1. The van der Waals surface area contributed by atoms with Crippen LogP contribution in [0.4, 0.5) is 0 Å². The highest BCUT2D eigenvalue weighted by atomic mass is 31.2. The highest BCUT2D eigenvalue weighted by Gasteiger charge is 2.23. The summed E-state index contributed by atoms with van der Waals surface area (Å²) in [6.07, 6.45) is 60.8. The van der Waals surface area contributed by atoms with Crippen LogP contribution in [-0.4, -0.2) is 54.3 Å². The lowest BCUT2D eigenvalue weighted by Gasteiger charge is -2.15. The van der Waals surface area contributed by atoms with Crippen LogP contribution in [0.2, 0.25) is 0 Å². The number of carbonyl (C=O) groups is 2. The van der Waals surface area contributed by atoms with E-state index in [2.05, 4.69) is 98.2 Å². The summed E-state index contributed by atoms with van der Waals surface area (Å²) in [5.41, 5.74) is 0. The molecule has 9 nitrogen and oxygen atoms in total. The van der Waals surface area contributed by atoms with Crippen LogP contribution in [0.25, 0.3) is 0 Å². The number of amides is 1. The number of phosphoric ester groups is 1. The first kappa shape index (κ1) is 57.9. The molecule has 0 aromatic heterocycles. The second-order valence-corrected chi connectivity index (χ2v) is 16.8. The molecule has 0 radical (unpaired) electrons. The quantitative estimate of drug-likeness (QED) is 0.0239. The van der Waals surface area contributed by atoms with Gasteiger partial charge in [-0.15, -0.1) is 0 Å². The van der Waals surface area contributed by atoms with Gasteiger partial charge in [0.15, 0.2) is 0 Å². The molecule has 1 amide bonds. The van der Waals surface area contributed by atoms with E-state index in [0.717, 1.165) is 64.2 Å². The predicted molar refractivity (Wildman–Crippen MR) is 256 cm³/mol. The molecule has 0 fully saturated rings. The number of carbonyl (C=O) groups excluding carboxylic acids is 2. The molecule has 0 saturated carbocycles. The van der Waals surface area contributed by atoms with Gasteiger partial charge in [-0.05, 0) is 77.0 Å². The first-order valence-corrected chi connectivity index (χ1v) is 25.2. The molecule has 0 rings (SSSR count). The Morgan fingerprint density at radius 1 is 0.541 bits per heavy atom. The minimum atomic E-state index is -4.45. The van der Waals surface area contributed by atoms with Crippen molar-refractivity contribution in [2.24, 2.45) is 0 Å². The van der Waals surface area contributed by atoms with Crippen molar-refractivity contribution in [3.05, 3.63) is 97.2 Å². The molecular weight excluding hydrogens is 786 g/mol. The van der Waals surface area contributed by atoms with Crippen molar-refractivity contribution in [3.63, 3.8) is 0 Å². The third kappa shape index (κ3) is 47.8. The molecule has 0 spiro atoms. The molecule has 61 heavy (non-hydrogen) atoms. The Hall–Kier alpha value is -3.07. The number of nitrogens with one attached hydrogen (secondary N) is 1. The molecule has 0 aliphatic carbocycles. The van der Waals surface area contributed by atoms with Crippen molar-refractivity contribution in [1.29, 1.82) is 0 Å². The molecule has 0 bridgehead atoms. The second kappa shape index (κ2) is 46.4. The summed E-state index contributed by atoms with van der Waals surface area (Å²) >= 11 is 0. The molecule has 3 N–H and O–H groups in total. The van der Waals surface area contributed by atoms with Gasteiger partial charge in [-0.3, -0.25) is 18.6 Å². The summed E-state index contributed by atoms with van der Waals surface area (Å²) in [7, 11) is -4.45. The van der Waals surface area contributed by atoms with Gasteiger partial charge in [0.25, 0.3) is 0 Å². The number of hydrogen-bond donors (Lipinski definition) is 3. The van der Waals surface area contributed by atoms with E-state index in [1.807, 2.05) is 12.2 Å². The number of allylic oxidation sites excluding steroid dienone is 15. The van der Waals surface area contributed by atoms with Crippen LogP contribution in [0.15, 0.2) is 97.2 Å². The maximum atomic E-state index is 12.1. The maximum absolute atomic E-state index is 12.1. The van der Waals surface area contributed by atoms with Gasteiger partial charge in [0.05, 0.1) is 13.2 Å². The third-order valence-electron chi connectivity index (χ3n) is 9.53. The highest BCUT2D eigenvalue weighted by Crippen LogP contribution is 2.42. The van der Waals surface area contributed by atoms with Crippen LogP contribution >= 0.6 is 7.82 Å².